The minimum atomic E-state index is -0.153. The van der Waals surface area contributed by atoms with Crippen molar-refractivity contribution in [2.45, 2.75) is 59.7 Å². The van der Waals surface area contributed by atoms with Gasteiger partial charge in [-0.05, 0) is 52.7 Å². The number of ether oxygens (including phenoxy) is 1. The van der Waals surface area contributed by atoms with Crippen molar-refractivity contribution >= 4 is 11.9 Å². The van der Waals surface area contributed by atoms with E-state index in [0.29, 0.717) is 44.3 Å². The number of nitrogens with zero attached hydrogens (tertiary/aromatic N) is 1. The number of furan rings is 1. The van der Waals surface area contributed by atoms with E-state index in [0.717, 1.165) is 18.8 Å². The molecule has 0 radical (unpaired) electrons. The Morgan fingerprint density at radius 3 is 2.55 bits per heavy atom. The molecule has 2 aromatic rings. The van der Waals surface area contributed by atoms with Gasteiger partial charge in [0.25, 0.3) is 5.91 Å². The molecule has 1 saturated heterocycles. The van der Waals surface area contributed by atoms with Gasteiger partial charge in [-0.3, -0.25) is 9.59 Å². The van der Waals surface area contributed by atoms with Crippen LogP contribution < -0.4 is 4.90 Å². The quantitative estimate of drug-likeness (QED) is 0.658. The second kappa shape index (κ2) is 10.6. The van der Waals surface area contributed by atoms with Crippen LogP contribution >= 0.6 is 0 Å². The molecule has 0 spiro atoms. The van der Waals surface area contributed by atoms with Crippen LogP contribution in [0.3, 0.4) is 0 Å². The molecule has 6 nitrogen and oxygen atoms in total. The first-order valence-electron chi connectivity index (χ1n) is 11.3. The lowest BCUT2D eigenvalue weighted by atomic mass is 9.97. The van der Waals surface area contributed by atoms with E-state index in [-0.39, 0.29) is 17.8 Å². The highest BCUT2D eigenvalue weighted by molar-refractivity contribution is 5.91. The van der Waals surface area contributed by atoms with Gasteiger partial charge in [0.05, 0.1) is 18.6 Å². The first-order valence-corrected chi connectivity index (χ1v) is 11.3. The fourth-order valence-electron chi connectivity index (χ4n) is 4.10. The summed E-state index contributed by atoms with van der Waals surface area (Å²) in [5.41, 5.74) is 2.56. The molecule has 1 fully saturated rings. The van der Waals surface area contributed by atoms with Crippen molar-refractivity contribution in [3.63, 3.8) is 0 Å². The average Bonchev–Trinajstić information content (AvgIpc) is 3.21. The third kappa shape index (κ3) is 6.20. The van der Waals surface area contributed by atoms with Crippen LogP contribution in [0.25, 0.3) is 0 Å². The summed E-state index contributed by atoms with van der Waals surface area (Å²) in [6.07, 6.45) is 1.28. The fraction of sp³-hybridized carbons (Fsp3) is 0.520. The second-order valence-electron chi connectivity index (χ2n) is 8.74. The summed E-state index contributed by atoms with van der Waals surface area (Å²) in [6.45, 7) is 11.5. The van der Waals surface area contributed by atoms with E-state index in [1.807, 2.05) is 13.0 Å². The Balaban J connectivity index is 1.58. The zero-order valence-corrected chi connectivity index (χ0v) is 19.1. The van der Waals surface area contributed by atoms with Crippen LogP contribution in [0, 0.1) is 12.8 Å². The van der Waals surface area contributed by atoms with Crippen molar-refractivity contribution in [1.29, 1.82) is 0 Å². The fourth-order valence-corrected chi connectivity index (χ4v) is 4.10. The molecule has 1 atom stereocenters. The topological polar surface area (TPSA) is 64.2 Å². The van der Waals surface area contributed by atoms with Crippen LogP contribution in [-0.2, 0) is 22.6 Å². The summed E-state index contributed by atoms with van der Waals surface area (Å²) in [7, 11) is 0. The molecule has 1 aromatic heterocycles. The number of piperidine rings is 1. The predicted molar refractivity (Wildman–Crippen MR) is 119 cm³/mol. The first kappa shape index (κ1) is 23.1. The summed E-state index contributed by atoms with van der Waals surface area (Å²) in [6, 6.07) is 12.7. The number of esters is 1. The number of hydrogen-bond donors (Lipinski definition) is 1. The Bertz CT molecular complexity index is 881. The minimum Gasteiger partial charge on any atom is -0.466 e. The number of aryl methyl sites for hydroxylation is 1. The lowest BCUT2D eigenvalue weighted by molar-refractivity contribution is -0.949. The SMILES string of the molecule is CCOC(=O)C1CCN(C(=O)c2ccc(C[NH+](Cc3cccc(C)c3)C(C)C)o2)CC1. The van der Waals surface area contributed by atoms with Crippen molar-refractivity contribution < 1.29 is 23.6 Å². The maximum atomic E-state index is 12.9. The van der Waals surface area contributed by atoms with Crippen molar-refractivity contribution in [2.24, 2.45) is 5.92 Å². The molecule has 1 aliphatic heterocycles. The number of carbonyl (C=O) groups excluding carboxylic acids is 2. The zero-order chi connectivity index (χ0) is 22.4. The molecule has 1 aromatic carbocycles. The van der Waals surface area contributed by atoms with Crippen LogP contribution in [0.4, 0.5) is 0 Å². The molecule has 0 saturated carbocycles. The predicted octanol–water partition coefficient (Wildman–Crippen LogP) is 3.00. The van der Waals surface area contributed by atoms with E-state index in [1.54, 1.807) is 11.0 Å². The standard InChI is InChI=1S/C25H34N2O4/c1-5-30-25(29)21-11-13-26(14-12-21)24(28)23-10-9-22(31-23)17-27(18(2)3)16-20-8-6-7-19(4)15-20/h6-10,15,18,21H,5,11-14,16-17H2,1-4H3/p+1. The van der Waals surface area contributed by atoms with E-state index in [2.05, 4.69) is 45.0 Å². The van der Waals surface area contributed by atoms with E-state index >= 15 is 0 Å². The van der Waals surface area contributed by atoms with Gasteiger partial charge in [-0.1, -0.05) is 29.8 Å². The molecule has 0 aliphatic carbocycles. The summed E-state index contributed by atoms with van der Waals surface area (Å²) in [5, 5.41) is 0. The van der Waals surface area contributed by atoms with Gasteiger partial charge in [0.15, 0.2) is 11.5 Å². The normalized spacial score (nSPS) is 15.8. The molecule has 1 aliphatic rings. The van der Waals surface area contributed by atoms with Crippen LogP contribution in [0.5, 0.6) is 0 Å². The number of carbonyl (C=O) groups is 2. The van der Waals surface area contributed by atoms with Crippen molar-refractivity contribution in [3.05, 3.63) is 59.0 Å². The largest absolute Gasteiger partial charge is 0.466 e. The lowest BCUT2D eigenvalue weighted by Crippen LogP contribution is -3.12. The molecule has 1 amide bonds. The van der Waals surface area contributed by atoms with Gasteiger partial charge in [0, 0.05) is 18.7 Å². The van der Waals surface area contributed by atoms with Gasteiger partial charge in [-0.25, -0.2) is 0 Å². The minimum absolute atomic E-state index is 0.0988. The van der Waals surface area contributed by atoms with Gasteiger partial charge < -0.3 is 19.0 Å². The highest BCUT2D eigenvalue weighted by atomic mass is 16.5. The second-order valence-corrected chi connectivity index (χ2v) is 8.74. The molecule has 1 unspecified atom stereocenters. The first-order chi connectivity index (χ1) is 14.9. The van der Waals surface area contributed by atoms with Crippen LogP contribution in [-0.4, -0.2) is 42.5 Å². The maximum absolute atomic E-state index is 12.9. The van der Waals surface area contributed by atoms with Gasteiger partial charge in [0.1, 0.15) is 13.1 Å². The van der Waals surface area contributed by atoms with Gasteiger partial charge in [-0.15, -0.1) is 0 Å². The third-order valence-corrected chi connectivity index (χ3v) is 6.01. The molecule has 2 heterocycles. The van der Waals surface area contributed by atoms with Crippen LogP contribution in [0.2, 0.25) is 0 Å². The van der Waals surface area contributed by atoms with E-state index in [4.69, 9.17) is 9.15 Å². The number of rotatable bonds is 8. The Morgan fingerprint density at radius 2 is 1.90 bits per heavy atom. The molecule has 31 heavy (non-hydrogen) atoms. The van der Waals surface area contributed by atoms with Gasteiger partial charge in [-0.2, -0.15) is 0 Å². The Morgan fingerprint density at radius 1 is 1.16 bits per heavy atom. The smallest absolute Gasteiger partial charge is 0.309 e. The lowest BCUT2D eigenvalue weighted by Gasteiger charge is -2.30. The van der Waals surface area contributed by atoms with E-state index < -0.39 is 0 Å². The summed E-state index contributed by atoms with van der Waals surface area (Å²) < 4.78 is 11.1. The Kier molecular flexibility index (Phi) is 7.91. The number of quaternary nitrogens is 1. The number of benzene rings is 1. The van der Waals surface area contributed by atoms with Crippen molar-refractivity contribution in [1.82, 2.24) is 4.90 Å². The van der Waals surface area contributed by atoms with Crippen LogP contribution in [0.1, 0.15) is 61.1 Å². The number of amides is 1. The molecular formula is C25H35N2O4+. The van der Waals surface area contributed by atoms with Crippen molar-refractivity contribution in [3.8, 4) is 0 Å². The van der Waals surface area contributed by atoms with Crippen LogP contribution in [0.15, 0.2) is 40.8 Å². The number of nitrogens with one attached hydrogen (secondary N) is 1. The highest BCUT2D eigenvalue weighted by Crippen LogP contribution is 2.21. The molecule has 0 bridgehead atoms. The maximum Gasteiger partial charge on any atom is 0.309 e. The number of hydrogen-bond acceptors (Lipinski definition) is 4. The molecule has 1 N–H and O–H groups in total. The Hall–Kier alpha value is -2.60. The van der Waals surface area contributed by atoms with E-state index in [9.17, 15) is 9.59 Å². The zero-order valence-electron chi connectivity index (χ0n) is 19.1. The van der Waals surface area contributed by atoms with Gasteiger partial charge in [0.2, 0.25) is 0 Å². The van der Waals surface area contributed by atoms with E-state index in [1.165, 1.54) is 16.0 Å². The van der Waals surface area contributed by atoms with Crippen molar-refractivity contribution in [2.75, 3.05) is 19.7 Å². The molecule has 3 rings (SSSR count). The molecule has 168 valence electrons. The molecular weight excluding hydrogens is 392 g/mol. The average molecular weight is 428 g/mol. The monoisotopic (exact) mass is 427 g/mol. The Labute approximate surface area is 185 Å². The highest BCUT2D eigenvalue weighted by Gasteiger charge is 2.30. The summed E-state index contributed by atoms with van der Waals surface area (Å²) in [5.74, 6) is 0.837. The summed E-state index contributed by atoms with van der Waals surface area (Å²) >= 11 is 0. The third-order valence-electron chi connectivity index (χ3n) is 6.01. The molecule has 6 heteroatoms. The van der Waals surface area contributed by atoms with Gasteiger partial charge >= 0.3 is 5.97 Å². The number of likely N-dealkylation sites (tertiary alicyclic amines) is 1. The summed E-state index contributed by atoms with van der Waals surface area (Å²) in [4.78, 5) is 27.9.